The molecular formula is C13H27N3. The van der Waals surface area contributed by atoms with Gasteiger partial charge in [0.2, 0.25) is 0 Å². The van der Waals surface area contributed by atoms with E-state index in [2.05, 4.69) is 36.1 Å². The highest BCUT2D eigenvalue weighted by Gasteiger charge is 2.32. The largest absolute Gasteiger partial charge is 0.310 e. The van der Waals surface area contributed by atoms with E-state index in [1.807, 2.05) is 0 Å². The number of piperidine rings is 1. The number of likely N-dealkylation sites (tertiary alicyclic amines) is 1. The summed E-state index contributed by atoms with van der Waals surface area (Å²) in [6.07, 6.45) is 5.40. The lowest BCUT2D eigenvalue weighted by Crippen LogP contribution is -2.52. The normalized spacial score (nSPS) is 37.1. The molecule has 0 aromatic rings. The van der Waals surface area contributed by atoms with E-state index < -0.39 is 0 Å². The Hall–Kier alpha value is -0.120. The molecule has 2 aliphatic heterocycles. The molecule has 0 radical (unpaired) electrons. The van der Waals surface area contributed by atoms with Crippen LogP contribution in [0.2, 0.25) is 0 Å². The van der Waals surface area contributed by atoms with Crippen molar-refractivity contribution in [1.82, 2.24) is 15.1 Å². The molecular weight excluding hydrogens is 198 g/mol. The molecule has 2 atom stereocenters. The Balaban J connectivity index is 1.84. The molecule has 2 unspecified atom stereocenters. The van der Waals surface area contributed by atoms with Crippen molar-refractivity contribution in [2.75, 3.05) is 40.3 Å². The zero-order chi connectivity index (χ0) is 11.6. The molecule has 16 heavy (non-hydrogen) atoms. The summed E-state index contributed by atoms with van der Waals surface area (Å²) < 4.78 is 0. The number of nitrogens with one attached hydrogen (secondary N) is 1. The van der Waals surface area contributed by atoms with Crippen LogP contribution in [0.25, 0.3) is 0 Å². The van der Waals surface area contributed by atoms with Gasteiger partial charge in [-0.05, 0) is 59.8 Å². The fourth-order valence-corrected chi connectivity index (χ4v) is 3.27. The zero-order valence-corrected chi connectivity index (χ0v) is 11.1. The third-order valence-electron chi connectivity index (χ3n) is 4.28. The summed E-state index contributed by atoms with van der Waals surface area (Å²) in [6.45, 7) is 7.30. The van der Waals surface area contributed by atoms with Crippen LogP contribution in [0.1, 0.15) is 32.6 Å². The third-order valence-corrected chi connectivity index (χ3v) is 4.28. The second kappa shape index (κ2) is 5.03. The standard InChI is InChI=1S/C13H27N3/c1-13(7-5-8-14-13)11-16(3)12-6-4-9-15(2)10-12/h12,14H,4-11H2,1-3H3. The second-order valence-corrected chi connectivity index (χ2v) is 6.06. The van der Waals surface area contributed by atoms with Gasteiger partial charge in [0, 0.05) is 24.7 Å². The lowest BCUT2D eigenvalue weighted by molar-refractivity contribution is 0.111. The first-order valence-electron chi connectivity index (χ1n) is 6.73. The molecule has 1 N–H and O–H groups in total. The smallest absolute Gasteiger partial charge is 0.0280 e. The molecule has 0 aromatic heterocycles. The van der Waals surface area contributed by atoms with Gasteiger partial charge in [0.15, 0.2) is 0 Å². The highest BCUT2D eigenvalue weighted by atomic mass is 15.2. The van der Waals surface area contributed by atoms with E-state index in [9.17, 15) is 0 Å². The van der Waals surface area contributed by atoms with Gasteiger partial charge in [-0.15, -0.1) is 0 Å². The molecule has 2 saturated heterocycles. The van der Waals surface area contributed by atoms with E-state index in [1.165, 1.54) is 51.9 Å². The summed E-state index contributed by atoms with van der Waals surface area (Å²) in [6, 6.07) is 0.762. The van der Waals surface area contributed by atoms with Gasteiger partial charge < -0.3 is 15.1 Å². The Labute approximate surface area is 100 Å². The van der Waals surface area contributed by atoms with E-state index in [0.717, 1.165) is 6.04 Å². The minimum Gasteiger partial charge on any atom is -0.310 e. The molecule has 0 amide bonds. The lowest BCUT2D eigenvalue weighted by atomic mass is 9.97. The first-order valence-corrected chi connectivity index (χ1v) is 6.73. The van der Waals surface area contributed by atoms with Crippen LogP contribution in [0.3, 0.4) is 0 Å². The van der Waals surface area contributed by atoms with E-state index in [-0.39, 0.29) is 0 Å². The van der Waals surface area contributed by atoms with E-state index in [0.29, 0.717) is 5.54 Å². The monoisotopic (exact) mass is 225 g/mol. The SMILES string of the molecule is CN1CCCC(N(C)CC2(C)CCCN2)C1. The molecule has 0 aromatic carbocycles. The van der Waals surface area contributed by atoms with Crippen molar-refractivity contribution in [3.63, 3.8) is 0 Å². The Morgan fingerprint density at radius 1 is 1.44 bits per heavy atom. The Morgan fingerprint density at radius 2 is 2.25 bits per heavy atom. The van der Waals surface area contributed by atoms with Crippen LogP contribution in [-0.2, 0) is 0 Å². The highest BCUT2D eigenvalue weighted by molar-refractivity contribution is 4.92. The maximum Gasteiger partial charge on any atom is 0.0280 e. The predicted octanol–water partition coefficient (Wildman–Crippen LogP) is 1.15. The molecule has 3 nitrogen and oxygen atoms in total. The first kappa shape index (κ1) is 12.3. The van der Waals surface area contributed by atoms with Crippen LogP contribution in [0.4, 0.5) is 0 Å². The van der Waals surface area contributed by atoms with Crippen molar-refractivity contribution in [2.45, 2.75) is 44.2 Å². The van der Waals surface area contributed by atoms with Gasteiger partial charge >= 0.3 is 0 Å². The van der Waals surface area contributed by atoms with Gasteiger partial charge in [-0.1, -0.05) is 0 Å². The molecule has 3 heteroatoms. The summed E-state index contributed by atoms with van der Waals surface area (Å²) in [5.41, 5.74) is 0.366. The number of hydrogen-bond acceptors (Lipinski definition) is 3. The zero-order valence-electron chi connectivity index (χ0n) is 11.1. The molecule has 2 aliphatic rings. The summed E-state index contributed by atoms with van der Waals surface area (Å²) in [4.78, 5) is 5.04. The maximum absolute atomic E-state index is 3.66. The van der Waals surface area contributed by atoms with Crippen LogP contribution in [0.15, 0.2) is 0 Å². The first-order chi connectivity index (χ1) is 7.59. The molecule has 0 aliphatic carbocycles. The topological polar surface area (TPSA) is 18.5 Å². The van der Waals surface area contributed by atoms with Crippen molar-refractivity contribution in [2.24, 2.45) is 0 Å². The average molecular weight is 225 g/mol. The van der Waals surface area contributed by atoms with E-state index >= 15 is 0 Å². The van der Waals surface area contributed by atoms with E-state index in [1.54, 1.807) is 0 Å². The van der Waals surface area contributed by atoms with Crippen molar-refractivity contribution in [1.29, 1.82) is 0 Å². The van der Waals surface area contributed by atoms with Crippen molar-refractivity contribution in [3.8, 4) is 0 Å². The van der Waals surface area contributed by atoms with Gasteiger partial charge in [0.05, 0.1) is 0 Å². The number of likely N-dealkylation sites (N-methyl/N-ethyl adjacent to an activating group) is 2. The summed E-state index contributed by atoms with van der Waals surface area (Å²) in [5, 5.41) is 3.66. The van der Waals surface area contributed by atoms with Crippen LogP contribution >= 0.6 is 0 Å². The lowest BCUT2D eigenvalue weighted by Gasteiger charge is -2.39. The quantitative estimate of drug-likeness (QED) is 0.777. The predicted molar refractivity (Wildman–Crippen MR) is 68.8 cm³/mol. The molecule has 2 rings (SSSR count). The maximum atomic E-state index is 3.66. The Morgan fingerprint density at radius 3 is 2.88 bits per heavy atom. The van der Waals surface area contributed by atoms with Gasteiger partial charge in [-0.2, -0.15) is 0 Å². The number of hydrogen-bond donors (Lipinski definition) is 1. The average Bonchev–Trinajstić information content (AvgIpc) is 2.65. The van der Waals surface area contributed by atoms with E-state index in [4.69, 9.17) is 0 Å². The molecule has 0 spiro atoms. The summed E-state index contributed by atoms with van der Waals surface area (Å²) >= 11 is 0. The molecule has 2 heterocycles. The van der Waals surface area contributed by atoms with Gasteiger partial charge in [0.25, 0.3) is 0 Å². The molecule has 0 bridgehead atoms. The molecule has 94 valence electrons. The molecule has 2 fully saturated rings. The van der Waals surface area contributed by atoms with Gasteiger partial charge in [-0.3, -0.25) is 0 Å². The second-order valence-electron chi connectivity index (χ2n) is 6.06. The minimum atomic E-state index is 0.366. The Kier molecular flexibility index (Phi) is 3.88. The van der Waals surface area contributed by atoms with Gasteiger partial charge in [-0.25, -0.2) is 0 Å². The van der Waals surface area contributed by atoms with Gasteiger partial charge in [0.1, 0.15) is 0 Å². The van der Waals surface area contributed by atoms with Crippen molar-refractivity contribution >= 4 is 0 Å². The summed E-state index contributed by atoms with van der Waals surface area (Å²) in [5.74, 6) is 0. The number of rotatable bonds is 3. The van der Waals surface area contributed by atoms with Crippen LogP contribution in [0, 0.1) is 0 Å². The fourth-order valence-electron chi connectivity index (χ4n) is 3.27. The number of nitrogens with zero attached hydrogens (tertiary/aromatic N) is 2. The fraction of sp³-hybridized carbons (Fsp3) is 1.00. The van der Waals surface area contributed by atoms with Crippen LogP contribution in [-0.4, -0.2) is 61.7 Å². The minimum absolute atomic E-state index is 0.366. The van der Waals surface area contributed by atoms with Crippen LogP contribution in [0.5, 0.6) is 0 Å². The van der Waals surface area contributed by atoms with Crippen LogP contribution < -0.4 is 5.32 Å². The highest BCUT2D eigenvalue weighted by Crippen LogP contribution is 2.22. The van der Waals surface area contributed by atoms with Crippen molar-refractivity contribution < 1.29 is 0 Å². The third kappa shape index (κ3) is 2.96. The molecule has 0 saturated carbocycles. The summed E-state index contributed by atoms with van der Waals surface area (Å²) in [7, 11) is 4.55. The Bertz CT molecular complexity index is 223. The van der Waals surface area contributed by atoms with Crippen molar-refractivity contribution in [3.05, 3.63) is 0 Å².